The van der Waals surface area contributed by atoms with Gasteiger partial charge in [0, 0.05) is 5.69 Å². The van der Waals surface area contributed by atoms with Gasteiger partial charge in [0.15, 0.2) is 0 Å². The molecule has 106 valence electrons. The number of hydrogen-bond acceptors (Lipinski definition) is 4. The van der Waals surface area contributed by atoms with Crippen molar-refractivity contribution in [3.63, 3.8) is 0 Å². The lowest BCUT2D eigenvalue weighted by atomic mass is 10.2. The molecule has 0 saturated heterocycles. The van der Waals surface area contributed by atoms with Crippen LogP contribution >= 0.6 is 0 Å². The van der Waals surface area contributed by atoms with E-state index in [9.17, 15) is 9.90 Å². The number of carbonyl (C=O) groups excluding carboxylic acids is 1. The lowest BCUT2D eigenvalue weighted by molar-refractivity contribution is -0.119. The number of hydrogen-bond donors (Lipinski definition) is 2. The molecule has 0 radical (unpaired) electrons. The highest BCUT2D eigenvalue weighted by Gasteiger charge is 2.18. The first-order valence-corrected chi connectivity index (χ1v) is 6.55. The summed E-state index contributed by atoms with van der Waals surface area (Å²) < 4.78 is 1.59. The molecule has 6 heteroatoms. The van der Waals surface area contributed by atoms with E-state index in [4.69, 9.17) is 0 Å². The summed E-state index contributed by atoms with van der Waals surface area (Å²) in [5.41, 5.74) is 2.18. The molecule has 1 aromatic heterocycles. The number of nitrogens with zero attached hydrogens (tertiary/aromatic N) is 3. The Balaban J connectivity index is 1.82. The number of para-hydroxylation sites is 1. The number of phenolic OH excluding ortho intramolecular Hbond substituents is 1. The fourth-order valence-electron chi connectivity index (χ4n) is 2.08. The van der Waals surface area contributed by atoms with Crippen molar-refractivity contribution >= 4 is 22.6 Å². The average molecular weight is 282 g/mol. The second kappa shape index (κ2) is 5.24. The smallest absolute Gasteiger partial charge is 0.249 e. The first-order chi connectivity index (χ1) is 10.1. The molecule has 0 aliphatic heterocycles. The summed E-state index contributed by atoms with van der Waals surface area (Å²) in [6.45, 7) is 1.76. The molecule has 1 heterocycles. The maximum absolute atomic E-state index is 12.3. The zero-order valence-corrected chi connectivity index (χ0v) is 11.4. The quantitative estimate of drug-likeness (QED) is 0.722. The second-order valence-corrected chi connectivity index (χ2v) is 4.73. The monoisotopic (exact) mass is 282 g/mol. The van der Waals surface area contributed by atoms with Crippen molar-refractivity contribution in [3.8, 4) is 5.75 Å². The summed E-state index contributed by atoms with van der Waals surface area (Å²) >= 11 is 0. The minimum Gasteiger partial charge on any atom is -0.508 e. The summed E-state index contributed by atoms with van der Waals surface area (Å²) in [6.07, 6.45) is 0. The molecule has 2 aromatic carbocycles. The summed E-state index contributed by atoms with van der Waals surface area (Å²) in [6, 6.07) is 13.3. The molecule has 1 amide bonds. The van der Waals surface area contributed by atoms with Crippen LogP contribution in [-0.2, 0) is 4.79 Å². The van der Waals surface area contributed by atoms with E-state index in [0.29, 0.717) is 5.69 Å². The van der Waals surface area contributed by atoms with Crippen LogP contribution in [-0.4, -0.2) is 26.0 Å². The average Bonchev–Trinajstić information content (AvgIpc) is 2.92. The molecule has 0 saturated carbocycles. The highest BCUT2D eigenvalue weighted by atomic mass is 16.3. The zero-order valence-electron chi connectivity index (χ0n) is 11.4. The summed E-state index contributed by atoms with van der Waals surface area (Å²) in [7, 11) is 0. The maximum atomic E-state index is 12.3. The van der Waals surface area contributed by atoms with Gasteiger partial charge in [-0.2, -0.15) is 0 Å². The van der Waals surface area contributed by atoms with Gasteiger partial charge in [-0.3, -0.25) is 4.79 Å². The number of nitrogens with one attached hydrogen (secondary N) is 1. The van der Waals surface area contributed by atoms with Crippen LogP contribution in [0.25, 0.3) is 11.0 Å². The Hall–Kier alpha value is -2.89. The highest BCUT2D eigenvalue weighted by Crippen LogP contribution is 2.18. The van der Waals surface area contributed by atoms with Gasteiger partial charge in [0.2, 0.25) is 5.91 Å². The van der Waals surface area contributed by atoms with E-state index in [1.165, 1.54) is 12.1 Å². The molecular formula is C15H14N4O2. The minimum absolute atomic E-state index is 0.156. The van der Waals surface area contributed by atoms with E-state index in [1.807, 2.05) is 24.3 Å². The van der Waals surface area contributed by atoms with E-state index in [2.05, 4.69) is 15.6 Å². The third-order valence-electron chi connectivity index (χ3n) is 3.26. The molecular weight excluding hydrogens is 268 g/mol. The lowest BCUT2D eigenvalue weighted by Gasteiger charge is -2.13. The molecule has 3 aromatic rings. The first kappa shape index (κ1) is 13.1. The van der Waals surface area contributed by atoms with E-state index in [0.717, 1.165) is 11.0 Å². The Labute approximate surface area is 121 Å². The van der Waals surface area contributed by atoms with Gasteiger partial charge in [-0.25, -0.2) is 4.68 Å². The molecule has 1 atom stereocenters. The molecule has 0 aliphatic carbocycles. The van der Waals surface area contributed by atoms with Gasteiger partial charge < -0.3 is 10.4 Å². The molecule has 0 aliphatic rings. The predicted molar refractivity (Wildman–Crippen MR) is 79.0 cm³/mol. The van der Waals surface area contributed by atoms with Crippen LogP contribution in [0.1, 0.15) is 13.0 Å². The number of amides is 1. The third kappa shape index (κ3) is 2.55. The standard InChI is InChI=1S/C15H14N4O2/c1-10(15(21)16-11-6-8-12(20)9-7-11)19-14-5-3-2-4-13(14)17-18-19/h2-10,20H,1H3,(H,16,21). The number of carbonyl (C=O) groups is 1. The van der Waals surface area contributed by atoms with Gasteiger partial charge >= 0.3 is 0 Å². The number of rotatable bonds is 3. The highest BCUT2D eigenvalue weighted by molar-refractivity contribution is 5.94. The maximum Gasteiger partial charge on any atom is 0.249 e. The minimum atomic E-state index is -0.494. The number of aromatic hydroxyl groups is 1. The van der Waals surface area contributed by atoms with E-state index in [1.54, 1.807) is 23.7 Å². The van der Waals surface area contributed by atoms with Crippen LogP contribution in [0.4, 0.5) is 5.69 Å². The molecule has 6 nitrogen and oxygen atoms in total. The SMILES string of the molecule is CC(C(=O)Nc1ccc(O)cc1)n1nnc2ccccc21. The number of benzene rings is 2. The molecule has 0 fully saturated rings. The van der Waals surface area contributed by atoms with Crippen LogP contribution in [0.3, 0.4) is 0 Å². The topological polar surface area (TPSA) is 80.0 Å². The summed E-state index contributed by atoms with van der Waals surface area (Å²) in [5.74, 6) is -0.0420. The molecule has 0 spiro atoms. The molecule has 21 heavy (non-hydrogen) atoms. The number of phenols is 1. The fourth-order valence-corrected chi connectivity index (χ4v) is 2.08. The van der Waals surface area contributed by atoms with E-state index < -0.39 is 6.04 Å². The van der Waals surface area contributed by atoms with Crippen molar-refractivity contribution in [2.75, 3.05) is 5.32 Å². The van der Waals surface area contributed by atoms with Crippen LogP contribution in [0.2, 0.25) is 0 Å². The number of fused-ring (bicyclic) bond motifs is 1. The Morgan fingerprint density at radius 1 is 1.19 bits per heavy atom. The van der Waals surface area contributed by atoms with Crippen molar-refractivity contribution in [1.29, 1.82) is 0 Å². The van der Waals surface area contributed by atoms with Crippen LogP contribution in [0, 0.1) is 0 Å². The third-order valence-corrected chi connectivity index (χ3v) is 3.26. The number of aromatic nitrogens is 3. The van der Waals surface area contributed by atoms with Crippen molar-refractivity contribution < 1.29 is 9.90 Å². The zero-order chi connectivity index (χ0) is 14.8. The lowest BCUT2D eigenvalue weighted by Crippen LogP contribution is -2.24. The van der Waals surface area contributed by atoms with Gasteiger partial charge in [-0.1, -0.05) is 17.3 Å². The van der Waals surface area contributed by atoms with Crippen LogP contribution in [0.5, 0.6) is 5.75 Å². The molecule has 0 bridgehead atoms. The van der Waals surface area contributed by atoms with Gasteiger partial charge in [-0.15, -0.1) is 5.10 Å². The Kier molecular flexibility index (Phi) is 3.27. The second-order valence-electron chi connectivity index (χ2n) is 4.73. The first-order valence-electron chi connectivity index (χ1n) is 6.55. The summed E-state index contributed by atoms with van der Waals surface area (Å²) in [4.78, 5) is 12.3. The van der Waals surface area contributed by atoms with Crippen LogP contribution in [0.15, 0.2) is 48.5 Å². The Morgan fingerprint density at radius 2 is 1.90 bits per heavy atom. The van der Waals surface area contributed by atoms with Crippen LogP contribution < -0.4 is 5.32 Å². The molecule has 3 rings (SSSR count). The Bertz CT molecular complexity index is 780. The largest absolute Gasteiger partial charge is 0.508 e. The van der Waals surface area contributed by atoms with Crippen molar-refractivity contribution in [1.82, 2.24) is 15.0 Å². The van der Waals surface area contributed by atoms with E-state index in [-0.39, 0.29) is 11.7 Å². The van der Waals surface area contributed by atoms with Crippen molar-refractivity contribution in [2.45, 2.75) is 13.0 Å². The van der Waals surface area contributed by atoms with Gasteiger partial charge in [0.25, 0.3) is 0 Å². The Morgan fingerprint density at radius 3 is 2.67 bits per heavy atom. The van der Waals surface area contributed by atoms with Gasteiger partial charge in [0.05, 0.1) is 5.52 Å². The van der Waals surface area contributed by atoms with Gasteiger partial charge in [-0.05, 0) is 43.3 Å². The van der Waals surface area contributed by atoms with Crippen molar-refractivity contribution in [3.05, 3.63) is 48.5 Å². The predicted octanol–water partition coefficient (Wildman–Crippen LogP) is 2.34. The molecule has 1 unspecified atom stereocenters. The summed E-state index contributed by atoms with van der Waals surface area (Å²) in [5, 5.41) is 20.1. The molecule has 2 N–H and O–H groups in total. The van der Waals surface area contributed by atoms with Crippen molar-refractivity contribution in [2.24, 2.45) is 0 Å². The number of anilines is 1. The normalized spacial score (nSPS) is 12.2. The van der Waals surface area contributed by atoms with E-state index >= 15 is 0 Å². The fraction of sp³-hybridized carbons (Fsp3) is 0.133. The van der Waals surface area contributed by atoms with Gasteiger partial charge in [0.1, 0.15) is 17.3 Å².